The van der Waals surface area contributed by atoms with Crippen LogP contribution in [-0.2, 0) is 9.53 Å². The zero-order valence-electron chi connectivity index (χ0n) is 14.2. The normalized spacial score (nSPS) is 33.3. The summed E-state index contributed by atoms with van der Waals surface area (Å²) in [5.74, 6) is 3.27. The van der Waals surface area contributed by atoms with E-state index in [1.165, 1.54) is 25.7 Å². The number of morpholine rings is 1. The van der Waals surface area contributed by atoms with Crippen molar-refractivity contribution in [2.24, 2.45) is 23.7 Å². The van der Waals surface area contributed by atoms with Gasteiger partial charge in [-0.3, -0.25) is 9.69 Å². The van der Waals surface area contributed by atoms with Crippen LogP contribution in [0.5, 0.6) is 0 Å². The summed E-state index contributed by atoms with van der Waals surface area (Å²) in [6.07, 6.45) is 6.23. The molecular formula is C18H32N2O2. The predicted octanol–water partition coefficient (Wildman–Crippen LogP) is 2.29. The third-order valence-electron chi connectivity index (χ3n) is 6.12. The second kappa shape index (κ2) is 7.31. The fraction of sp³-hybridized carbons (Fsp3) is 0.944. The van der Waals surface area contributed by atoms with Crippen molar-refractivity contribution in [1.82, 2.24) is 10.2 Å². The van der Waals surface area contributed by atoms with Crippen LogP contribution >= 0.6 is 0 Å². The summed E-state index contributed by atoms with van der Waals surface area (Å²) < 4.78 is 5.44. The number of hydrogen-bond donors (Lipinski definition) is 1. The summed E-state index contributed by atoms with van der Waals surface area (Å²) in [6, 6.07) is 0.438. The van der Waals surface area contributed by atoms with E-state index in [2.05, 4.69) is 24.1 Å². The highest BCUT2D eigenvalue weighted by atomic mass is 16.5. The van der Waals surface area contributed by atoms with E-state index in [9.17, 15) is 4.79 Å². The molecule has 1 aliphatic heterocycles. The molecule has 2 bridgehead atoms. The lowest BCUT2D eigenvalue weighted by Gasteiger charge is -2.37. The van der Waals surface area contributed by atoms with Gasteiger partial charge in [-0.15, -0.1) is 0 Å². The first-order valence-corrected chi connectivity index (χ1v) is 9.22. The summed E-state index contributed by atoms with van der Waals surface area (Å²) in [4.78, 5) is 14.8. The van der Waals surface area contributed by atoms with Gasteiger partial charge in [0.1, 0.15) is 0 Å². The van der Waals surface area contributed by atoms with Crippen LogP contribution in [0.25, 0.3) is 0 Å². The van der Waals surface area contributed by atoms with Gasteiger partial charge in [-0.2, -0.15) is 0 Å². The first-order chi connectivity index (χ1) is 10.6. The largest absolute Gasteiger partial charge is 0.379 e. The van der Waals surface area contributed by atoms with E-state index in [1.807, 2.05) is 0 Å². The molecule has 1 heterocycles. The Kier molecular flexibility index (Phi) is 5.40. The quantitative estimate of drug-likeness (QED) is 0.818. The Morgan fingerprint density at radius 2 is 2.00 bits per heavy atom. The average molecular weight is 308 g/mol. The highest BCUT2D eigenvalue weighted by Gasteiger charge is 2.40. The molecule has 3 fully saturated rings. The van der Waals surface area contributed by atoms with Crippen molar-refractivity contribution in [2.45, 2.75) is 52.0 Å². The number of hydrogen-bond acceptors (Lipinski definition) is 3. The standard InChI is InChI=1S/C18H32N2O2/c1-13(2)17(20-5-7-22-8-6-20)12-19-18(21)11-16-10-14-3-4-15(16)9-14/h13-17H,3-12H2,1-2H3,(H,19,21)/t14-,15-,16+,17+/m0/s1. The maximum Gasteiger partial charge on any atom is 0.220 e. The summed E-state index contributed by atoms with van der Waals surface area (Å²) in [5, 5.41) is 3.23. The molecule has 3 aliphatic rings. The van der Waals surface area contributed by atoms with Crippen molar-refractivity contribution in [3.63, 3.8) is 0 Å². The fourth-order valence-electron chi connectivity index (χ4n) is 4.85. The summed E-state index contributed by atoms with van der Waals surface area (Å²) in [7, 11) is 0. The third-order valence-corrected chi connectivity index (χ3v) is 6.12. The third kappa shape index (κ3) is 3.83. The molecule has 2 saturated carbocycles. The molecule has 3 rings (SSSR count). The van der Waals surface area contributed by atoms with Gasteiger partial charge in [-0.05, 0) is 42.9 Å². The van der Waals surface area contributed by atoms with Gasteiger partial charge in [-0.25, -0.2) is 0 Å². The molecule has 0 unspecified atom stereocenters. The van der Waals surface area contributed by atoms with Crippen LogP contribution in [0.3, 0.4) is 0 Å². The van der Waals surface area contributed by atoms with Gasteiger partial charge >= 0.3 is 0 Å². The van der Waals surface area contributed by atoms with Gasteiger partial charge < -0.3 is 10.1 Å². The molecule has 4 nitrogen and oxygen atoms in total. The van der Waals surface area contributed by atoms with Crippen molar-refractivity contribution in [3.05, 3.63) is 0 Å². The highest BCUT2D eigenvalue weighted by molar-refractivity contribution is 5.76. The summed E-state index contributed by atoms with van der Waals surface area (Å²) in [5.41, 5.74) is 0. The Bertz CT molecular complexity index is 379. The first-order valence-electron chi connectivity index (χ1n) is 9.22. The second-order valence-electron chi connectivity index (χ2n) is 7.90. The number of carbonyl (C=O) groups excluding carboxylic acids is 1. The molecule has 1 amide bonds. The molecule has 0 aromatic rings. The first kappa shape index (κ1) is 16.3. The smallest absolute Gasteiger partial charge is 0.220 e. The Balaban J connectivity index is 1.44. The highest BCUT2D eigenvalue weighted by Crippen LogP contribution is 2.49. The van der Waals surface area contributed by atoms with E-state index >= 15 is 0 Å². The molecule has 0 radical (unpaired) electrons. The van der Waals surface area contributed by atoms with Crippen LogP contribution in [0.2, 0.25) is 0 Å². The minimum atomic E-state index is 0.274. The van der Waals surface area contributed by atoms with Crippen LogP contribution in [0, 0.1) is 23.7 Å². The van der Waals surface area contributed by atoms with E-state index in [4.69, 9.17) is 4.74 Å². The number of nitrogens with one attached hydrogen (secondary N) is 1. The zero-order chi connectivity index (χ0) is 15.5. The van der Waals surface area contributed by atoms with Crippen molar-refractivity contribution in [3.8, 4) is 0 Å². The molecule has 0 spiro atoms. The van der Waals surface area contributed by atoms with E-state index in [0.29, 0.717) is 17.9 Å². The van der Waals surface area contributed by atoms with Crippen molar-refractivity contribution < 1.29 is 9.53 Å². The SMILES string of the molecule is CC(C)[C@@H](CNC(=O)C[C@H]1C[C@H]2CC[C@H]1C2)N1CCOCC1. The zero-order valence-corrected chi connectivity index (χ0v) is 14.2. The average Bonchev–Trinajstić information content (AvgIpc) is 3.11. The van der Waals surface area contributed by atoms with Crippen LogP contribution in [-0.4, -0.2) is 49.7 Å². The molecule has 4 atom stereocenters. The monoisotopic (exact) mass is 308 g/mol. The van der Waals surface area contributed by atoms with Crippen LogP contribution in [0.4, 0.5) is 0 Å². The minimum Gasteiger partial charge on any atom is -0.379 e. The Morgan fingerprint density at radius 3 is 2.59 bits per heavy atom. The summed E-state index contributed by atoms with van der Waals surface area (Å²) >= 11 is 0. The second-order valence-corrected chi connectivity index (χ2v) is 7.90. The van der Waals surface area contributed by atoms with E-state index < -0.39 is 0 Å². The van der Waals surface area contributed by atoms with Crippen molar-refractivity contribution in [2.75, 3.05) is 32.8 Å². The van der Waals surface area contributed by atoms with Gasteiger partial charge in [0.15, 0.2) is 0 Å². The molecule has 1 N–H and O–H groups in total. The molecule has 22 heavy (non-hydrogen) atoms. The van der Waals surface area contributed by atoms with Gasteiger partial charge in [0.05, 0.1) is 13.2 Å². The molecular weight excluding hydrogens is 276 g/mol. The van der Waals surface area contributed by atoms with Gasteiger partial charge in [0.2, 0.25) is 5.91 Å². The fourth-order valence-corrected chi connectivity index (χ4v) is 4.85. The summed E-state index contributed by atoms with van der Waals surface area (Å²) in [6.45, 7) is 8.92. The van der Waals surface area contributed by atoms with Crippen molar-refractivity contribution in [1.29, 1.82) is 0 Å². The van der Waals surface area contributed by atoms with Gasteiger partial charge in [0, 0.05) is 32.1 Å². The topological polar surface area (TPSA) is 41.6 Å². The number of ether oxygens (including phenoxy) is 1. The maximum absolute atomic E-state index is 12.3. The van der Waals surface area contributed by atoms with Gasteiger partial charge in [0.25, 0.3) is 0 Å². The van der Waals surface area contributed by atoms with Crippen LogP contribution in [0.15, 0.2) is 0 Å². The lowest BCUT2D eigenvalue weighted by atomic mass is 9.86. The molecule has 4 heteroatoms. The lowest BCUT2D eigenvalue weighted by Crippen LogP contribution is -2.51. The Labute approximate surface area is 135 Å². The lowest BCUT2D eigenvalue weighted by molar-refractivity contribution is -0.122. The maximum atomic E-state index is 12.3. The van der Waals surface area contributed by atoms with Gasteiger partial charge in [-0.1, -0.05) is 20.3 Å². The Morgan fingerprint density at radius 1 is 1.23 bits per heavy atom. The molecule has 126 valence electrons. The number of amides is 1. The molecule has 2 aliphatic carbocycles. The van der Waals surface area contributed by atoms with Crippen molar-refractivity contribution >= 4 is 5.91 Å². The van der Waals surface area contributed by atoms with E-state index in [-0.39, 0.29) is 5.91 Å². The van der Waals surface area contributed by atoms with E-state index in [1.54, 1.807) is 0 Å². The molecule has 1 saturated heterocycles. The number of rotatable bonds is 6. The number of fused-ring (bicyclic) bond motifs is 2. The molecule has 0 aromatic carbocycles. The number of carbonyl (C=O) groups is 1. The van der Waals surface area contributed by atoms with Crippen LogP contribution in [0.1, 0.15) is 46.0 Å². The molecule has 0 aromatic heterocycles. The Hall–Kier alpha value is -0.610. The van der Waals surface area contributed by atoms with Crippen LogP contribution < -0.4 is 5.32 Å². The number of nitrogens with zero attached hydrogens (tertiary/aromatic N) is 1. The minimum absolute atomic E-state index is 0.274. The predicted molar refractivity (Wildman–Crippen MR) is 87.6 cm³/mol. The van der Waals surface area contributed by atoms with E-state index in [0.717, 1.165) is 51.1 Å².